The van der Waals surface area contributed by atoms with Crippen molar-refractivity contribution in [1.29, 1.82) is 0 Å². The lowest BCUT2D eigenvalue weighted by atomic mass is 10.1. The van der Waals surface area contributed by atoms with Crippen LogP contribution in [0, 0.1) is 0 Å². The van der Waals surface area contributed by atoms with Crippen LogP contribution >= 0.6 is 0 Å². The van der Waals surface area contributed by atoms with Gasteiger partial charge in [0.2, 0.25) is 5.91 Å². The number of hydrogen-bond acceptors (Lipinski definition) is 7. The van der Waals surface area contributed by atoms with E-state index >= 15 is 0 Å². The summed E-state index contributed by atoms with van der Waals surface area (Å²) in [6, 6.07) is 10.9. The average molecular weight is 446 g/mol. The Morgan fingerprint density at radius 1 is 1.23 bits per heavy atom. The highest BCUT2D eigenvalue weighted by Crippen LogP contribution is 2.29. The highest BCUT2D eigenvalue weighted by Gasteiger charge is 2.32. The maximum Gasteiger partial charge on any atom is 0.262 e. The first kappa shape index (κ1) is 22.3. The first-order valence-corrected chi connectivity index (χ1v) is 11.3. The Balaban J connectivity index is 1.71. The number of ether oxygens (including phenoxy) is 2. The molecule has 1 aliphatic rings. The van der Waals surface area contributed by atoms with E-state index in [0.717, 1.165) is 0 Å². The molecule has 2 N–H and O–H groups in total. The van der Waals surface area contributed by atoms with E-state index in [1.165, 1.54) is 25.1 Å². The molecule has 164 valence electrons. The van der Waals surface area contributed by atoms with Crippen LogP contribution < -0.4 is 20.1 Å². The van der Waals surface area contributed by atoms with Crippen LogP contribution in [0.25, 0.3) is 0 Å². The Hall–Kier alpha value is -3.40. The zero-order chi connectivity index (χ0) is 22.6. The molecule has 1 unspecified atom stereocenters. The first-order valence-electron chi connectivity index (χ1n) is 9.55. The molecular formula is C21H22N2O7S. The zero-order valence-corrected chi connectivity index (χ0v) is 17.8. The fourth-order valence-corrected chi connectivity index (χ4v) is 4.13. The molecular weight excluding hydrogens is 424 g/mol. The largest absolute Gasteiger partial charge is 0.492 e. The summed E-state index contributed by atoms with van der Waals surface area (Å²) in [5, 5.41) is 3.62. The molecule has 2 amide bonds. The quantitative estimate of drug-likeness (QED) is 0.594. The summed E-state index contributed by atoms with van der Waals surface area (Å²) in [4.78, 5) is 36.6. The molecule has 10 heteroatoms. The Bertz CT molecular complexity index is 1130. The van der Waals surface area contributed by atoms with Gasteiger partial charge in [0.1, 0.15) is 22.5 Å². The number of carbonyl (C=O) groups is 3. The number of nitrogens with one attached hydrogen (secondary N) is 2. The van der Waals surface area contributed by atoms with E-state index in [0.29, 0.717) is 23.8 Å². The fraction of sp³-hybridized carbons (Fsp3) is 0.286. The summed E-state index contributed by atoms with van der Waals surface area (Å²) < 4.78 is 36.0. The van der Waals surface area contributed by atoms with E-state index in [9.17, 15) is 22.8 Å². The van der Waals surface area contributed by atoms with Gasteiger partial charge in [0, 0.05) is 5.56 Å². The number of Topliss-reactive ketones (excluding diaryl/α,β-unsaturated/α-hetero) is 1. The molecule has 0 bridgehead atoms. The van der Waals surface area contributed by atoms with Crippen molar-refractivity contribution in [3.05, 3.63) is 48.0 Å². The lowest BCUT2D eigenvalue weighted by Gasteiger charge is -2.19. The third-order valence-electron chi connectivity index (χ3n) is 4.60. The third kappa shape index (κ3) is 5.21. The summed E-state index contributed by atoms with van der Waals surface area (Å²) in [5.41, 5.74) is 0.716. The minimum atomic E-state index is -4.11. The second kappa shape index (κ2) is 9.17. The molecule has 3 rings (SSSR count). The smallest absolute Gasteiger partial charge is 0.262 e. The van der Waals surface area contributed by atoms with Crippen molar-refractivity contribution >= 4 is 38.8 Å². The van der Waals surface area contributed by atoms with E-state index in [4.69, 9.17) is 9.47 Å². The Labute approximate surface area is 179 Å². The van der Waals surface area contributed by atoms with Gasteiger partial charge >= 0.3 is 0 Å². The van der Waals surface area contributed by atoms with Crippen LogP contribution in [0.15, 0.2) is 42.5 Å². The van der Waals surface area contributed by atoms with Crippen molar-refractivity contribution in [2.45, 2.75) is 19.1 Å². The summed E-state index contributed by atoms with van der Waals surface area (Å²) in [6.07, 6.45) is 0. The van der Waals surface area contributed by atoms with Crippen molar-refractivity contribution in [3.63, 3.8) is 0 Å². The molecule has 31 heavy (non-hydrogen) atoms. The van der Waals surface area contributed by atoms with Gasteiger partial charge in [-0.05, 0) is 44.2 Å². The molecule has 1 aliphatic heterocycles. The second-order valence-electron chi connectivity index (χ2n) is 6.84. The van der Waals surface area contributed by atoms with Gasteiger partial charge in [0.15, 0.2) is 22.2 Å². The number of fused-ring (bicyclic) bond motifs is 1. The van der Waals surface area contributed by atoms with Crippen molar-refractivity contribution < 1.29 is 32.3 Å². The van der Waals surface area contributed by atoms with Crippen LogP contribution in [0.2, 0.25) is 0 Å². The molecule has 0 radical (unpaired) electrons. The molecule has 0 saturated heterocycles. The van der Waals surface area contributed by atoms with Gasteiger partial charge in [0.25, 0.3) is 5.91 Å². The number of ketones is 1. The van der Waals surface area contributed by atoms with Crippen molar-refractivity contribution in [1.82, 2.24) is 0 Å². The predicted octanol–water partition coefficient (Wildman–Crippen LogP) is 2.04. The molecule has 0 aliphatic carbocycles. The van der Waals surface area contributed by atoms with Crippen LogP contribution in [0.1, 0.15) is 24.2 Å². The van der Waals surface area contributed by atoms with Gasteiger partial charge in [-0.15, -0.1) is 0 Å². The highest BCUT2D eigenvalue weighted by atomic mass is 32.2. The lowest BCUT2D eigenvalue weighted by molar-refractivity contribution is -0.118. The standard InChI is InChI=1S/C21H22N2O7S/c1-3-29-17-7-5-4-6-15(17)22-20(25)12-31(27,28)13(2)21(26)14-8-9-18-16(10-14)23-19(24)11-30-18/h4-10,13H,3,11-12H2,1-2H3,(H,22,25)(H,23,24). The number of amides is 2. The Morgan fingerprint density at radius 2 is 1.97 bits per heavy atom. The number of sulfone groups is 1. The molecule has 0 aromatic heterocycles. The fourth-order valence-electron chi connectivity index (χ4n) is 2.98. The van der Waals surface area contributed by atoms with Crippen LogP contribution in [-0.4, -0.2) is 50.2 Å². The average Bonchev–Trinajstić information content (AvgIpc) is 2.73. The minimum absolute atomic E-state index is 0.0859. The molecule has 0 saturated carbocycles. The summed E-state index contributed by atoms with van der Waals surface area (Å²) in [7, 11) is -4.11. The number of hydrogen-bond donors (Lipinski definition) is 2. The number of para-hydroxylation sites is 2. The van der Waals surface area contributed by atoms with Crippen LogP contribution in [0.4, 0.5) is 11.4 Å². The van der Waals surface area contributed by atoms with Crippen molar-refractivity contribution in [3.8, 4) is 11.5 Å². The molecule has 0 fully saturated rings. The van der Waals surface area contributed by atoms with Crippen LogP contribution in [0.5, 0.6) is 11.5 Å². The summed E-state index contributed by atoms with van der Waals surface area (Å²) in [5.74, 6) is -1.91. The van der Waals surface area contributed by atoms with E-state index < -0.39 is 32.5 Å². The molecule has 2 aromatic rings. The minimum Gasteiger partial charge on any atom is -0.492 e. The summed E-state index contributed by atoms with van der Waals surface area (Å²) in [6.45, 7) is 3.26. The van der Waals surface area contributed by atoms with E-state index in [1.807, 2.05) is 0 Å². The maximum atomic E-state index is 12.8. The molecule has 1 heterocycles. The monoisotopic (exact) mass is 446 g/mol. The molecule has 9 nitrogen and oxygen atoms in total. The SMILES string of the molecule is CCOc1ccccc1NC(=O)CS(=O)(=O)C(C)C(=O)c1ccc2c(c1)NC(=O)CO2. The third-order valence-corrected chi connectivity index (χ3v) is 6.55. The predicted molar refractivity (Wildman–Crippen MR) is 114 cm³/mol. The second-order valence-corrected chi connectivity index (χ2v) is 9.16. The van der Waals surface area contributed by atoms with Crippen molar-refractivity contribution in [2.75, 3.05) is 29.6 Å². The van der Waals surface area contributed by atoms with Gasteiger partial charge in [-0.3, -0.25) is 14.4 Å². The molecule has 2 aromatic carbocycles. The molecule has 1 atom stereocenters. The lowest BCUT2D eigenvalue weighted by Crippen LogP contribution is -2.34. The van der Waals surface area contributed by atoms with E-state index in [2.05, 4.69) is 10.6 Å². The number of rotatable bonds is 8. The van der Waals surface area contributed by atoms with E-state index in [1.54, 1.807) is 31.2 Å². The van der Waals surface area contributed by atoms with Gasteiger partial charge in [-0.2, -0.15) is 0 Å². The van der Waals surface area contributed by atoms with Crippen molar-refractivity contribution in [2.24, 2.45) is 0 Å². The van der Waals surface area contributed by atoms with E-state index in [-0.39, 0.29) is 23.8 Å². The van der Waals surface area contributed by atoms with Crippen LogP contribution in [-0.2, 0) is 19.4 Å². The molecule has 0 spiro atoms. The Morgan fingerprint density at radius 3 is 2.71 bits per heavy atom. The number of benzene rings is 2. The summed E-state index contributed by atoms with van der Waals surface area (Å²) >= 11 is 0. The zero-order valence-electron chi connectivity index (χ0n) is 17.0. The number of anilines is 2. The topological polar surface area (TPSA) is 128 Å². The van der Waals surface area contributed by atoms with Gasteiger partial charge in [0.05, 0.1) is 18.0 Å². The highest BCUT2D eigenvalue weighted by molar-refractivity contribution is 7.93. The van der Waals surface area contributed by atoms with Gasteiger partial charge in [-0.1, -0.05) is 12.1 Å². The Kier molecular flexibility index (Phi) is 6.59. The maximum absolute atomic E-state index is 12.8. The number of carbonyl (C=O) groups excluding carboxylic acids is 3. The first-order chi connectivity index (χ1) is 14.7. The normalized spacial score (nSPS) is 13.9. The van der Waals surface area contributed by atoms with Crippen LogP contribution in [0.3, 0.4) is 0 Å². The van der Waals surface area contributed by atoms with Gasteiger partial charge in [-0.25, -0.2) is 8.42 Å². The van der Waals surface area contributed by atoms with Gasteiger partial charge < -0.3 is 20.1 Å².